The summed E-state index contributed by atoms with van der Waals surface area (Å²) < 4.78 is 4.97. The Labute approximate surface area is 88.9 Å². The molecule has 0 aromatic heterocycles. The van der Waals surface area contributed by atoms with Gasteiger partial charge in [0.15, 0.2) is 0 Å². The highest BCUT2D eigenvalue weighted by atomic mass is 16.5. The molecule has 0 aromatic rings. The van der Waals surface area contributed by atoms with Gasteiger partial charge in [-0.05, 0) is 19.8 Å². The molecular weight excluding hydrogens is 194 g/mol. The summed E-state index contributed by atoms with van der Waals surface area (Å²) in [6.45, 7) is 2.14. The highest BCUT2D eigenvalue weighted by Crippen LogP contribution is 2.29. The van der Waals surface area contributed by atoms with Crippen molar-refractivity contribution in [2.24, 2.45) is 0 Å². The number of fused-ring (bicyclic) bond motifs is 1. The average molecular weight is 209 g/mol. The molecule has 4 nitrogen and oxygen atoms in total. The largest absolute Gasteiger partial charge is 0.464 e. The van der Waals surface area contributed by atoms with Crippen molar-refractivity contribution in [3.05, 3.63) is 12.2 Å². The van der Waals surface area contributed by atoms with Crippen molar-refractivity contribution < 1.29 is 14.3 Å². The molecule has 15 heavy (non-hydrogen) atoms. The molecule has 2 rings (SSSR count). The average Bonchev–Trinajstić information content (AvgIpc) is 2.36. The Bertz CT molecular complexity index is 311. The lowest BCUT2D eigenvalue weighted by Gasteiger charge is -2.43. The van der Waals surface area contributed by atoms with E-state index in [-0.39, 0.29) is 17.9 Å². The first-order chi connectivity index (χ1) is 7.24. The van der Waals surface area contributed by atoms with Crippen molar-refractivity contribution in [3.63, 3.8) is 0 Å². The van der Waals surface area contributed by atoms with E-state index < -0.39 is 6.04 Å². The van der Waals surface area contributed by atoms with Crippen molar-refractivity contribution in [1.82, 2.24) is 4.90 Å². The zero-order valence-electron chi connectivity index (χ0n) is 8.81. The van der Waals surface area contributed by atoms with Gasteiger partial charge in [-0.25, -0.2) is 4.79 Å². The van der Waals surface area contributed by atoms with Gasteiger partial charge in [-0.15, -0.1) is 0 Å². The molecule has 0 unspecified atom stereocenters. The van der Waals surface area contributed by atoms with Crippen LogP contribution in [0.15, 0.2) is 12.2 Å². The van der Waals surface area contributed by atoms with Crippen LogP contribution < -0.4 is 0 Å². The minimum Gasteiger partial charge on any atom is -0.464 e. The number of nitrogens with zero attached hydrogens (tertiary/aromatic N) is 1. The molecular formula is C11H15NO3. The fraction of sp³-hybridized carbons (Fsp3) is 0.636. The van der Waals surface area contributed by atoms with Gasteiger partial charge in [-0.1, -0.05) is 12.2 Å². The van der Waals surface area contributed by atoms with Gasteiger partial charge in [0.1, 0.15) is 6.04 Å². The molecule has 2 heterocycles. The maximum Gasteiger partial charge on any atom is 0.329 e. The fourth-order valence-electron chi connectivity index (χ4n) is 2.16. The minimum absolute atomic E-state index is 0.0711. The number of rotatable bonds is 2. The number of carbonyl (C=O) groups excluding carboxylic acids is 2. The number of esters is 1. The van der Waals surface area contributed by atoms with Crippen molar-refractivity contribution in [3.8, 4) is 0 Å². The molecule has 0 aromatic carbocycles. The lowest BCUT2D eigenvalue weighted by atomic mass is 9.97. The lowest BCUT2D eigenvalue weighted by Crippen LogP contribution is -2.59. The van der Waals surface area contributed by atoms with Gasteiger partial charge in [0.2, 0.25) is 5.91 Å². The second kappa shape index (κ2) is 4.04. The summed E-state index contributed by atoms with van der Waals surface area (Å²) in [7, 11) is 0. The summed E-state index contributed by atoms with van der Waals surface area (Å²) >= 11 is 0. The topological polar surface area (TPSA) is 46.6 Å². The Kier molecular flexibility index (Phi) is 2.75. The Hall–Kier alpha value is -1.32. The standard InChI is InChI=1S/C11H15NO3/c1-2-15-11(14)9-6-4-3-5-8-7-10(13)12(8)9/h3-4,8-9H,2,5-7H2,1H3/t8-,9+/m1/s1. The number of amides is 1. The van der Waals surface area contributed by atoms with Crippen LogP contribution in [0.5, 0.6) is 0 Å². The normalized spacial score (nSPS) is 29.1. The third kappa shape index (κ3) is 1.76. The van der Waals surface area contributed by atoms with E-state index in [9.17, 15) is 9.59 Å². The molecule has 0 aliphatic carbocycles. The summed E-state index contributed by atoms with van der Waals surface area (Å²) in [4.78, 5) is 24.7. The van der Waals surface area contributed by atoms with Crippen LogP contribution in [0.4, 0.5) is 0 Å². The first kappa shape index (κ1) is 10.2. The predicted molar refractivity (Wildman–Crippen MR) is 54.0 cm³/mol. The van der Waals surface area contributed by atoms with Crippen LogP contribution >= 0.6 is 0 Å². The van der Waals surface area contributed by atoms with Crippen molar-refractivity contribution in [2.75, 3.05) is 6.61 Å². The lowest BCUT2D eigenvalue weighted by molar-refractivity contribution is -0.164. The van der Waals surface area contributed by atoms with Gasteiger partial charge in [-0.3, -0.25) is 4.79 Å². The van der Waals surface area contributed by atoms with Crippen molar-refractivity contribution in [1.29, 1.82) is 0 Å². The quantitative estimate of drug-likeness (QED) is 0.385. The molecule has 0 spiro atoms. The van der Waals surface area contributed by atoms with Crippen molar-refractivity contribution in [2.45, 2.75) is 38.3 Å². The number of hydrogen-bond donors (Lipinski definition) is 0. The molecule has 0 N–H and O–H groups in total. The van der Waals surface area contributed by atoms with E-state index in [0.717, 1.165) is 6.42 Å². The number of ether oxygens (including phenoxy) is 1. The number of β-lactam (4-membered cyclic amide) rings is 1. The SMILES string of the molecule is CCOC(=O)[C@@H]1CC=CC[C@@H]2CC(=O)N21. The number of hydrogen-bond acceptors (Lipinski definition) is 3. The van der Waals surface area contributed by atoms with Gasteiger partial charge in [-0.2, -0.15) is 0 Å². The highest BCUT2D eigenvalue weighted by Gasteiger charge is 2.43. The van der Waals surface area contributed by atoms with E-state index in [4.69, 9.17) is 4.74 Å². The van der Waals surface area contributed by atoms with Gasteiger partial charge in [0.25, 0.3) is 0 Å². The number of carbonyl (C=O) groups is 2. The summed E-state index contributed by atoms with van der Waals surface area (Å²) in [6.07, 6.45) is 6.03. The third-order valence-electron chi connectivity index (χ3n) is 2.92. The van der Waals surface area contributed by atoms with Crippen LogP contribution in [0.2, 0.25) is 0 Å². The van der Waals surface area contributed by atoms with Gasteiger partial charge in [0, 0.05) is 12.5 Å². The highest BCUT2D eigenvalue weighted by molar-refractivity contribution is 5.89. The summed E-state index contributed by atoms with van der Waals surface area (Å²) in [5.74, 6) is -0.205. The first-order valence-corrected chi connectivity index (χ1v) is 5.36. The van der Waals surface area contributed by atoms with E-state index in [1.165, 1.54) is 0 Å². The predicted octanol–water partition coefficient (Wildman–Crippen LogP) is 0.869. The zero-order chi connectivity index (χ0) is 10.8. The monoisotopic (exact) mass is 209 g/mol. The molecule has 2 atom stereocenters. The Morgan fingerprint density at radius 2 is 2.27 bits per heavy atom. The van der Waals surface area contributed by atoms with Crippen LogP contribution in [-0.2, 0) is 14.3 Å². The summed E-state index contributed by atoms with van der Waals surface area (Å²) in [5.41, 5.74) is 0. The first-order valence-electron chi connectivity index (χ1n) is 5.36. The summed E-state index contributed by atoms with van der Waals surface area (Å²) in [5, 5.41) is 0. The Balaban J connectivity index is 2.10. The van der Waals surface area contributed by atoms with Crippen LogP contribution in [-0.4, -0.2) is 35.5 Å². The van der Waals surface area contributed by atoms with Crippen LogP contribution in [0.3, 0.4) is 0 Å². The molecule has 0 bridgehead atoms. The molecule has 4 heteroatoms. The smallest absolute Gasteiger partial charge is 0.329 e. The van der Waals surface area contributed by atoms with Gasteiger partial charge in [0.05, 0.1) is 6.61 Å². The summed E-state index contributed by atoms with van der Waals surface area (Å²) in [6, 6.07) is -0.180. The van der Waals surface area contributed by atoms with E-state index >= 15 is 0 Å². The van der Waals surface area contributed by atoms with E-state index in [2.05, 4.69) is 0 Å². The molecule has 1 amide bonds. The second-order valence-electron chi connectivity index (χ2n) is 3.87. The minimum atomic E-state index is -0.394. The van der Waals surface area contributed by atoms with E-state index in [1.807, 2.05) is 12.2 Å². The molecule has 2 aliphatic heterocycles. The molecule has 1 fully saturated rings. The Morgan fingerprint density at radius 1 is 1.53 bits per heavy atom. The maximum atomic E-state index is 11.6. The van der Waals surface area contributed by atoms with Crippen LogP contribution in [0.25, 0.3) is 0 Å². The molecule has 1 saturated heterocycles. The van der Waals surface area contributed by atoms with Crippen molar-refractivity contribution >= 4 is 11.9 Å². The second-order valence-corrected chi connectivity index (χ2v) is 3.87. The third-order valence-corrected chi connectivity index (χ3v) is 2.92. The van der Waals surface area contributed by atoms with Gasteiger partial charge >= 0.3 is 5.97 Å². The molecule has 82 valence electrons. The fourth-order valence-corrected chi connectivity index (χ4v) is 2.16. The zero-order valence-corrected chi connectivity index (χ0v) is 8.81. The molecule has 2 aliphatic rings. The Morgan fingerprint density at radius 3 is 2.93 bits per heavy atom. The van der Waals surface area contributed by atoms with E-state index in [1.54, 1.807) is 11.8 Å². The molecule has 0 saturated carbocycles. The van der Waals surface area contributed by atoms with Crippen LogP contribution in [0, 0.1) is 0 Å². The maximum absolute atomic E-state index is 11.6. The van der Waals surface area contributed by atoms with Crippen LogP contribution in [0.1, 0.15) is 26.2 Å². The van der Waals surface area contributed by atoms with E-state index in [0.29, 0.717) is 19.4 Å². The molecule has 0 radical (unpaired) electrons. The van der Waals surface area contributed by atoms with Gasteiger partial charge < -0.3 is 9.64 Å².